The molecule has 1 fully saturated rings. The number of hydrogen-bond donors (Lipinski definition) is 1. The van der Waals surface area contributed by atoms with Gasteiger partial charge >= 0.3 is 0 Å². The number of amides is 1. The van der Waals surface area contributed by atoms with E-state index in [4.69, 9.17) is 0 Å². The average Bonchev–Trinajstić information content (AvgIpc) is 2.69. The fourth-order valence-electron chi connectivity index (χ4n) is 2.77. The van der Waals surface area contributed by atoms with Crippen molar-refractivity contribution >= 4 is 11.6 Å². The van der Waals surface area contributed by atoms with Crippen molar-refractivity contribution < 1.29 is 4.79 Å². The van der Waals surface area contributed by atoms with Crippen LogP contribution in [0, 0.1) is 0 Å². The van der Waals surface area contributed by atoms with Crippen molar-refractivity contribution in [2.24, 2.45) is 0 Å². The lowest BCUT2D eigenvalue weighted by atomic mass is 9.74. The summed E-state index contributed by atoms with van der Waals surface area (Å²) in [6.45, 7) is 5.96. The maximum absolute atomic E-state index is 12.2. The lowest BCUT2D eigenvalue weighted by Crippen LogP contribution is -2.45. The van der Waals surface area contributed by atoms with Crippen molar-refractivity contribution in [3.05, 3.63) is 24.0 Å². The zero-order chi connectivity index (χ0) is 13.2. The van der Waals surface area contributed by atoms with Crippen LogP contribution in [0.4, 0.5) is 5.69 Å². The molecule has 0 unspecified atom stereocenters. The molecule has 2 aliphatic rings. The first-order valence-corrected chi connectivity index (χ1v) is 6.67. The summed E-state index contributed by atoms with van der Waals surface area (Å²) in [5.74, 6) is 0.156. The summed E-state index contributed by atoms with van der Waals surface area (Å²) in [4.78, 5) is 18.5. The largest absolute Gasteiger partial charge is 0.324 e. The molecule has 1 aromatic rings. The second-order valence-electron chi connectivity index (χ2n) is 4.76. The Morgan fingerprint density at radius 3 is 2.67 bits per heavy atom. The van der Waals surface area contributed by atoms with E-state index in [2.05, 4.69) is 22.2 Å². The quantitative estimate of drug-likeness (QED) is 0.763. The third-order valence-corrected chi connectivity index (χ3v) is 3.86. The third kappa shape index (κ3) is 1.90. The molecule has 0 radical (unpaired) electrons. The van der Waals surface area contributed by atoms with Gasteiger partial charge in [-0.1, -0.05) is 13.8 Å². The highest BCUT2D eigenvalue weighted by Gasteiger charge is 2.47. The zero-order valence-electron chi connectivity index (χ0n) is 11.4. The fraction of sp³-hybridized carbons (Fsp3) is 0.571. The molecule has 1 saturated heterocycles. The standard InChI is InChI=1S/C12H15N3O.C2H6/c1-15-6-3-12(4-7-15)9-2-5-13-8-10(9)14-11(12)16;1-2/h2,5,8H,3-4,6-7H2,1H3,(H,14,16);1-2H3. The minimum Gasteiger partial charge on any atom is -0.324 e. The molecule has 1 amide bonds. The van der Waals surface area contributed by atoms with E-state index in [1.165, 1.54) is 0 Å². The van der Waals surface area contributed by atoms with Gasteiger partial charge < -0.3 is 10.2 Å². The Kier molecular flexibility index (Phi) is 3.66. The number of rotatable bonds is 0. The van der Waals surface area contributed by atoms with Crippen LogP contribution in [0.3, 0.4) is 0 Å². The van der Waals surface area contributed by atoms with Crippen molar-refractivity contribution in [1.82, 2.24) is 9.88 Å². The Hall–Kier alpha value is -1.42. The van der Waals surface area contributed by atoms with Gasteiger partial charge in [-0.2, -0.15) is 0 Å². The average molecular weight is 247 g/mol. The van der Waals surface area contributed by atoms with Gasteiger partial charge in [0.05, 0.1) is 17.3 Å². The number of nitrogens with one attached hydrogen (secondary N) is 1. The number of piperidine rings is 1. The normalized spacial score (nSPS) is 20.9. The van der Waals surface area contributed by atoms with E-state index in [0.29, 0.717) is 0 Å². The molecular weight excluding hydrogens is 226 g/mol. The molecule has 4 nitrogen and oxygen atoms in total. The molecule has 18 heavy (non-hydrogen) atoms. The molecule has 98 valence electrons. The van der Waals surface area contributed by atoms with Gasteiger partial charge in [0.25, 0.3) is 0 Å². The van der Waals surface area contributed by atoms with Crippen LogP contribution in [0.25, 0.3) is 0 Å². The maximum atomic E-state index is 12.2. The maximum Gasteiger partial charge on any atom is 0.235 e. The van der Waals surface area contributed by atoms with E-state index in [1.807, 2.05) is 19.9 Å². The van der Waals surface area contributed by atoms with E-state index in [0.717, 1.165) is 37.2 Å². The Balaban J connectivity index is 0.000000574. The first-order chi connectivity index (χ1) is 8.72. The van der Waals surface area contributed by atoms with Gasteiger partial charge in [-0.05, 0) is 44.6 Å². The molecule has 1 spiro atoms. The predicted octanol–water partition coefficient (Wildman–Crippen LogP) is 2.02. The summed E-state index contributed by atoms with van der Waals surface area (Å²) in [5.41, 5.74) is 1.75. The van der Waals surface area contributed by atoms with E-state index < -0.39 is 0 Å². The summed E-state index contributed by atoms with van der Waals surface area (Å²) in [6.07, 6.45) is 5.35. The molecule has 0 aliphatic carbocycles. The van der Waals surface area contributed by atoms with Gasteiger partial charge in [-0.25, -0.2) is 0 Å². The lowest BCUT2D eigenvalue weighted by Gasteiger charge is -2.36. The number of fused-ring (bicyclic) bond motifs is 2. The summed E-state index contributed by atoms with van der Waals surface area (Å²) in [5, 5.41) is 2.95. The number of hydrogen-bond acceptors (Lipinski definition) is 3. The number of carbonyl (C=O) groups is 1. The number of nitrogens with zero attached hydrogens (tertiary/aromatic N) is 2. The van der Waals surface area contributed by atoms with Gasteiger partial charge in [0, 0.05) is 6.20 Å². The number of likely N-dealkylation sites (tertiary alicyclic amines) is 1. The van der Waals surface area contributed by atoms with Gasteiger partial charge in [-0.3, -0.25) is 9.78 Å². The van der Waals surface area contributed by atoms with Crippen molar-refractivity contribution in [3.8, 4) is 0 Å². The Labute approximate surface area is 108 Å². The molecule has 0 atom stereocenters. The molecular formula is C14H21N3O. The number of aromatic nitrogens is 1. The van der Waals surface area contributed by atoms with Crippen molar-refractivity contribution in [1.29, 1.82) is 0 Å². The summed E-state index contributed by atoms with van der Waals surface area (Å²) >= 11 is 0. The molecule has 0 saturated carbocycles. The summed E-state index contributed by atoms with van der Waals surface area (Å²) < 4.78 is 0. The van der Waals surface area contributed by atoms with Crippen LogP contribution >= 0.6 is 0 Å². The Morgan fingerprint density at radius 1 is 1.33 bits per heavy atom. The van der Waals surface area contributed by atoms with Crippen LogP contribution in [0.15, 0.2) is 18.5 Å². The second-order valence-corrected chi connectivity index (χ2v) is 4.76. The highest BCUT2D eigenvalue weighted by Crippen LogP contribution is 2.44. The van der Waals surface area contributed by atoms with Crippen LogP contribution in [-0.4, -0.2) is 35.9 Å². The second kappa shape index (κ2) is 5.06. The molecule has 0 aromatic carbocycles. The zero-order valence-corrected chi connectivity index (χ0v) is 11.4. The number of carbonyl (C=O) groups excluding carboxylic acids is 1. The highest BCUT2D eigenvalue weighted by atomic mass is 16.2. The van der Waals surface area contributed by atoms with E-state index >= 15 is 0 Å². The summed E-state index contributed by atoms with van der Waals surface area (Å²) in [6, 6.07) is 1.98. The van der Waals surface area contributed by atoms with Gasteiger partial charge in [0.1, 0.15) is 0 Å². The molecule has 3 rings (SSSR count). The van der Waals surface area contributed by atoms with Crippen LogP contribution in [-0.2, 0) is 10.2 Å². The molecule has 1 N–H and O–H groups in total. The van der Waals surface area contributed by atoms with Gasteiger partial charge in [0.2, 0.25) is 5.91 Å². The molecule has 3 heterocycles. The van der Waals surface area contributed by atoms with E-state index in [9.17, 15) is 4.79 Å². The smallest absolute Gasteiger partial charge is 0.235 e. The Bertz CT molecular complexity index is 436. The van der Waals surface area contributed by atoms with Crippen LogP contribution < -0.4 is 5.32 Å². The lowest BCUT2D eigenvalue weighted by molar-refractivity contribution is -0.122. The third-order valence-electron chi connectivity index (χ3n) is 3.86. The van der Waals surface area contributed by atoms with Gasteiger partial charge in [-0.15, -0.1) is 0 Å². The minimum atomic E-state index is -0.287. The molecule has 4 heteroatoms. The first-order valence-electron chi connectivity index (χ1n) is 6.67. The van der Waals surface area contributed by atoms with Crippen LogP contribution in [0.1, 0.15) is 32.3 Å². The number of pyridine rings is 1. The predicted molar refractivity (Wildman–Crippen MR) is 72.6 cm³/mol. The number of anilines is 1. The van der Waals surface area contributed by atoms with E-state index in [-0.39, 0.29) is 11.3 Å². The SMILES string of the molecule is CC.CN1CCC2(CC1)C(=O)Nc1cnccc12. The minimum absolute atomic E-state index is 0.156. The first kappa shape index (κ1) is 13.0. The van der Waals surface area contributed by atoms with Crippen molar-refractivity contribution in [2.75, 3.05) is 25.5 Å². The monoisotopic (exact) mass is 247 g/mol. The molecule has 1 aromatic heterocycles. The molecule has 0 bridgehead atoms. The fourth-order valence-corrected chi connectivity index (χ4v) is 2.77. The van der Waals surface area contributed by atoms with Crippen LogP contribution in [0.5, 0.6) is 0 Å². The highest BCUT2D eigenvalue weighted by molar-refractivity contribution is 6.06. The van der Waals surface area contributed by atoms with Crippen LogP contribution in [0.2, 0.25) is 0 Å². The summed E-state index contributed by atoms with van der Waals surface area (Å²) in [7, 11) is 2.10. The molecule has 2 aliphatic heterocycles. The Morgan fingerprint density at radius 2 is 2.00 bits per heavy atom. The van der Waals surface area contributed by atoms with E-state index in [1.54, 1.807) is 12.4 Å². The topological polar surface area (TPSA) is 45.2 Å². The van der Waals surface area contributed by atoms with Crippen molar-refractivity contribution in [2.45, 2.75) is 32.1 Å². The van der Waals surface area contributed by atoms with Gasteiger partial charge in [0.15, 0.2) is 0 Å². The van der Waals surface area contributed by atoms with Crippen molar-refractivity contribution in [3.63, 3.8) is 0 Å².